The number of halogens is 2. The molecule has 1 nitrogen and oxygen atoms in total. The summed E-state index contributed by atoms with van der Waals surface area (Å²) in [4.78, 5) is 11.5. The van der Waals surface area contributed by atoms with E-state index in [1.165, 1.54) is 0 Å². The summed E-state index contributed by atoms with van der Waals surface area (Å²) in [6.45, 7) is 4.10. The van der Waals surface area contributed by atoms with E-state index in [2.05, 4.69) is 13.8 Å². The molecule has 0 amide bonds. The van der Waals surface area contributed by atoms with Gasteiger partial charge < -0.3 is 0 Å². The maximum atomic E-state index is 11.5. The monoisotopic (exact) mass is 268 g/mol. The molecule has 0 spiro atoms. The van der Waals surface area contributed by atoms with E-state index in [1.807, 2.05) is 36.4 Å². The molecular weight excluding hydrogens is 255 g/mol. The van der Waals surface area contributed by atoms with Crippen molar-refractivity contribution in [2.45, 2.75) is 20.3 Å². The number of benzene rings is 1. The Morgan fingerprint density at radius 1 is 1.41 bits per heavy atom. The van der Waals surface area contributed by atoms with Crippen molar-refractivity contribution in [1.29, 1.82) is 0 Å². The van der Waals surface area contributed by atoms with Crippen molar-refractivity contribution in [2.75, 3.05) is 0 Å². The minimum absolute atomic E-state index is 0.0408. The van der Waals surface area contributed by atoms with Gasteiger partial charge in [0.2, 0.25) is 5.24 Å². The minimum atomic E-state index is -0.503. The molecule has 1 fully saturated rings. The molecule has 1 aliphatic carbocycles. The van der Waals surface area contributed by atoms with Crippen molar-refractivity contribution < 1.29 is 4.79 Å². The quantitative estimate of drug-likeness (QED) is 0.736. The van der Waals surface area contributed by atoms with Crippen molar-refractivity contribution in [2.24, 2.45) is 10.8 Å². The SMILES string of the molecule is CC1(C)CC1(/C=C/c1cccc(Cl)c1)C(=O)Cl. The first-order valence-corrected chi connectivity index (χ1v) is 6.28. The lowest BCUT2D eigenvalue weighted by Gasteiger charge is -2.10. The summed E-state index contributed by atoms with van der Waals surface area (Å²) in [5.74, 6) is 0. The summed E-state index contributed by atoms with van der Waals surface area (Å²) < 4.78 is 0. The highest BCUT2D eigenvalue weighted by atomic mass is 35.5. The molecule has 0 aromatic heterocycles. The van der Waals surface area contributed by atoms with Crippen LogP contribution in [-0.2, 0) is 4.79 Å². The molecule has 0 radical (unpaired) electrons. The molecule has 1 unspecified atom stereocenters. The standard InChI is InChI=1S/C14H14Cl2O/c1-13(2)9-14(13,12(16)17)7-6-10-4-3-5-11(15)8-10/h3-8H,9H2,1-2H3/b7-6+. The van der Waals surface area contributed by atoms with Gasteiger partial charge in [-0.15, -0.1) is 0 Å². The minimum Gasteiger partial charge on any atom is -0.280 e. The normalized spacial score (nSPS) is 26.1. The van der Waals surface area contributed by atoms with E-state index < -0.39 is 5.41 Å². The Labute approximate surface area is 111 Å². The fourth-order valence-electron chi connectivity index (χ4n) is 2.19. The summed E-state index contributed by atoms with van der Waals surface area (Å²) in [6.07, 6.45) is 4.63. The van der Waals surface area contributed by atoms with Crippen LogP contribution in [0.25, 0.3) is 6.08 Å². The zero-order valence-corrected chi connectivity index (χ0v) is 11.3. The zero-order chi connectivity index (χ0) is 12.7. The van der Waals surface area contributed by atoms with Crippen LogP contribution in [0.5, 0.6) is 0 Å². The van der Waals surface area contributed by atoms with Gasteiger partial charge >= 0.3 is 0 Å². The third-order valence-corrected chi connectivity index (χ3v) is 4.14. The van der Waals surface area contributed by atoms with Crippen LogP contribution in [0.2, 0.25) is 5.02 Å². The van der Waals surface area contributed by atoms with Crippen LogP contribution in [0, 0.1) is 10.8 Å². The second-order valence-electron chi connectivity index (χ2n) is 5.19. The van der Waals surface area contributed by atoms with E-state index in [1.54, 1.807) is 0 Å². The Hall–Kier alpha value is -0.790. The van der Waals surface area contributed by atoms with E-state index in [9.17, 15) is 4.79 Å². The predicted octanol–water partition coefficient (Wildman–Crippen LogP) is 4.53. The highest BCUT2D eigenvalue weighted by Crippen LogP contribution is 2.65. The van der Waals surface area contributed by atoms with Gasteiger partial charge in [-0.2, -0.15) is 0 Å². The molecule has 1 atom stereocenters. The molecule has 2 rings (SSSR count). The van der Waals surface area contributed by atoms with Gasteiger partial charge in [0.1, 0.15) is 0 Å². The van der Waals surface area contributed by atoms with Crippen LogP contribution in [0.3, 0.4) is 0 Å². The van der Waals surface area contributed by atoms with E-state index in [0.29, 0.717) is 5.02 Å². The van der Waals surface area contributed by atoms with Crippen molar-refractivity contribution in [1.82, 2.24) is 0 Å². The lowest BCUT2D eigenvalue weighted by molar-refractivity contribution is -0.115. The Balaban J connectivity index is 2.24. The molecular formula is C14H14Cl2O. The van der Waals surface area contributed by atoms with Crippen LogP contribution in [0.1, 0.15) is 25.8 Å². The second kappa shape index (κ2) is 4.15. The lowest BCUT2D eigenvalue weighted by Crippen LogP contribution is -2.13. The predicted molar refractivity (Wildman–Crippen MR) is 72.2 cm³/mol. The van der Waals surface area contributed by atoms with Crippen LogP contribution in [0.4, 0.5) is 0 Å². The van der Waals surface area contributed by atoms with E-state index in [-0.39, 0.29) is 10.7 Å². The summed E-state index contributed by atoms with van der Waals surface area (Å²) in [5.41, 5.74) is 0.440. The first-order chi connectivity index (χ1) is 7.87. The third kappa shape index (κ3) is 2.27. The van der Waals surface area contributed by atoms with Crippen molar-refractivity contribution in [3.05, 3.63) is 40.9 Å². The van der Waals surface area contributed by atoms with Crippen LogP contribution < -0.4 is 0 Å². The maximum Gasteiger partial charge on any atom is 0.232 e. The van der Waals surface area contributed by atoms with Crippen LogP contribution >= 0.6 is 23.2 Å². The van der Waals surface area contributed by atoms with Gasteiger partial charge in [-0.1, -0.05) is 49.7 Å². The van der Waals surface area contributed by atoms with Crippen LogP contribution in [0.15, 0.2) is 30.3 Å². The molecule has 0 heterocycles. The number of carbonyl (C=O) groups is 1. The molecule has 0 aliphatic heterocycles. The molecule has 1 aromatic carbocycles. The average Bonchev–Trinajstić information content (AvgIpc) is 2.80. The van der Waals surface area contributed by atoms with Gasteiger partial charge in [0.25, 0.3) is 0 Å². The van der Waals surface area contributed by atoms with Gasteiger partial charge in [0, 0.05) is 5.02 Å². The van der Waals surface area contributed by atoms with Crippen molar-refractivity contribution >= 4 is 34.5 Å². The number of hydrogen-bond donors (Lipinski definition) is 0. The van der Waals surface area contributed by atoms with Gasteiger partial charge in [-0.3, -0.25) is 4.79 Å². The molecule has 1 saturated carbocycles. The molecule has 90 valence electrons. The average molecular weight is 269 g/mol. The molecule has 0 N–H and O–H groups in total. The van der Waals surface area contributed by atoms with E-state index >= 15 is 0 Å². The van der Waals surface area contributed by atoms with Crippen LogP contribution in [-0.4, -0.2) is 5.24 Å². The summed E-state index contributed by atoms with van der Waals surface area (Å²) in [7, 11) is 0. The number of carbonyl (C=O) groups excluding carboxylic acids is 1. The number of allylic oxidation sites excluding steroid dienone is 1. The topological polar surface area (TPSA) is 17.1 Å². The van der Waals surface area contributed by atoms with Gasteiger partial charge in [-0.05, 0) is 41.1 Å². The fraction of sp³-hybridized carbons (Fsp3) is 0.357. The molecule has 3 heteroatoms. The molecule has 0 bridgehead atoms. The Morgan fingerprint density at radius 3 is 2.53 bits per heavy atom. The summed E-state index contributed by atoms with van der Waals surface area (Å²) >= 11 is 11.6. The van der Waals surface area contributed by atoms with Gasteiger partial charge in [-0.25, -0.2) is 0 Å². The highest BCUT2D eigenvalue weighted by molar-refractivity contribution is 6.65. The molecule has 1 aliphatic rings. The Kier molecular flexibility index (Phi) is 3.09. The fourth-order valence-corrected chi connectivity index (χ4v) is 2.77. The van der Waals surface area contributed by atoms with Crippen molar-refractivity contribution in [3.63, 3.8) is 0 Å². The lowest BCUT2D eigenvalue weighted by atomic mass is 9.96. The molecule has 17 heavy (non-hydrogen) atoms. The highest BCUT2D eigenvalue weighted by Gasteiger charge is 2.63. The van der Waals surface area contributed by atoms with Crippen molar-refractivity contribution in [3.8, 4) is 0 Å². The third-order valence-electron chi connectivity index (χ3n) is 3.56. The number of rotatable bonds is 3. The van der Waals surface area contributed by atoms with E-state index in [4.69, 9.17) is 23.2 Å². The van der Waals surface area contributed by atoms with E-state index in [0.717, 1.165) is 12.0 Å². The largest absolute Gasteiger partial charge is 0.280 e. The first-order valence-electron chi connectivity index (χ1n) is 5.52. The summed E-state index contributed by atoms with van der Waals surface area (Å²) in [5, 5.41) is 0.411. The van der Waals surface area contributed by atoms with Gasteiger partial charge in [0.05, 0.1) is 5.41 Å². The molecule has 0 saturated heterocycles. The first kappa shape index (κ1) is 12.7. The maximum absolute atomic E-state index is 11.5. The smallest absolute Gasteiger partial charge is 0.232 e. The van der Waals surface area contributed by atoms with Gasteiger partial charge in [0.15, 0.2) is 0 Å². The second-order valence-corrected chi connectivity index (χ2v) is 5.97. The summed E-state index contributed by atoms with van der Waals surface area (Å²) in [6, 6.07) is 7.52. The Bertz CT molecular complexity index is 491. The molecule has 1 aromatic rings. The Morgan fingerprint density at radius 2 is 2.06 bits per heavy atom. The zero-order valence-electron chi connectivity index (χ0n) is 9.84. The number of hydrogen-bond acceptors (Lipinski definition) is 1.